The molecule has 8 amide bonds. The number of nitrogens with two attached hydrogens (primary N) is 1. The minimum atomic E-state index is -1.68. The Morgan fingerprint density at radius 1 is 0.542 bits per heavy atom. The first-order valence-electron chi connectivity index (χ1n) is 24.3. The number of carbonyl (C=O) groups excluding carboxylic acids is 8. The summed E-state index contributed by atoms with van der Waals surface area (Å²) in [5, 5.41) is 59.9. The van der Waals surface area contributed by atoms with Crippen LogP contribution in [0.25, 0.3) is 0 Å². The molecule has 2 aromatic rings. The molecule has 14 N–H and O–H groups in total. The molecule has 0 saturated carbocycles. The van der Waals surface area contributed by atoms with Gasteiger partial charge in [0.1, 0.15) is 48.0 Å². The van der Waals surface area contributed by atoms with Gasteiger partial charge in [-0.3, -0.25) is 38.4 Å². The maximum atomic E-state index is 14.2. The molecule has 0 radical (unpaired) electrons. The summed E-state index contributed by atoms with van der Waals surface area (Å²) in [6.07, 6.45) is -0.892. The topological polar surface area (TPSA) is 357 Å². The van der Waals surface area contributed by atoms with Crippen LogP contribution in [0.2, 0.25) is 0 Å². The number of carbonyl (C=O) groups is 9. The predicted octanol–water partition coefficient (Wildman–Crippen LogP) is -0.733. The number of rotatable bonds is 30. The zero-order chi connectivity index (χ0) is 54.4. The Kier molecular flexibility index (Phi) is 25.9. The molecule has 22 heteroatoms. The quantitative estimate of drug-likeness (QED) is 0.0459. The molecule has 0 aliphatic carbocycles. The van der Waals surface area contributed by atoms with Crippen LogP contribution in [-0.4, -0.2) is 141 Å². The normalized spacial score (nSPS) is 15.5. The van der Waals surface area contributed by atoms with Gasteiger partial charge in [-0.2, -0.15) is 0 Å². The Morgan fingerprint density at radius 2 is 1.03 bits per heavy atom. The molecule has 2 rings (SSSR count). The highest BCUT2D eigenvalue weighted by Crippen LogP contribution is 2.14. The Labute approximate surface area is 421 Å². The third-order valence-corrected chi connectivity index (χ3v) is 11.7. The highest BCUT2D eigenvalue weighted by Gasteiger charge is 2.37. The lowest BCUT2D eigenvalue weighted by Gasteiger charge is -2.30. The van der Waals surface area contributed by atoms with Crippen LogP contribution in [0.4, 0.5) is 0 Å². The molecular weight excluding hydrogens is 935 g/mol. The van der Waals surface area contributed by atoms with Crippen LogP contribution in [0.15, 0.2) is 54.6 Å². The number of aromatic hydroxyl groups is 1. The van der Waals surface area contributed by atoms with E-state index in [9.17, 15) is 63.6 Å². The number of carboxylic acids is 1. The number of hydrogen-bond donors (Lipinski definition) is 13. The van der Waals surface area contributed by atoms with Gasteiger partial charge in [0.05, 0.1) is 25.3 Å². The van der Waals surface area contributed by atoms with E-state index in [1.54, 1.807) is 84.0 Å². The second kappa shape index (κ2) is 30.3. The van der Waals surface area contributed by atoms with Crippen molar-refractivity contribution in [1.82, 2.24) is 42.5 Å². The van der Waals surface area contributed by atoms with Gasteiger partial charge < -0.3 is 68.7 Å². The number of hydrogen-bond acceptors (Lipinski definition) is 13. The van der Waals surface area contributed by atoms with Gasteiger partial charge in [-0.25, -0.2) is 4.79 Å². The summed E-state index contributed by atoms with van der Waals surface area (Å²) in [7, 11) is 0. The second-order valence-corrected chi connectivity index (χ2v) is 19.3. The number of amides is 8. The molecular formula is C50H77N9O13. The van der Waals surface area contributed by atoms with Crippen molar-refractivity contribution in [1.29, 1.82) is 0 Å². The van der Waals surface area contributed by atoms with Crippen LogP contribution in [0.5, 0.6) is 5.75 Å². The first-order chi connectivity index (χ1) is 33.8. The van der Waals surface area contributed by atoms with E-state index in [0.29, 0.717) is 17.5 Å². The van der Waals surface area contributed by atoms with Crippen LogP contribution in [-0.2, 0) is 56.0 Å². The molecule has 22 nitrogen and oxygen atoms in total. The van der Waals surface area contributed by atoms with Crippen molar-refractivity contribution in [2.24, 2.45) is 29.4 Å². The van der Waals surface area contributed by atoms with E-state index in [-0.39, 0.29) is 43.3 Å². The van der Waals surface area contributed by atoms with E-state index in [1.807, 2.05) is 13.8 Å². The summed E-state index contributed by atoms with van der Waals surface area (Å²) < 4.78 is 0. The van der Waals surface area contributed by atoms with Crippen molar-refractivity contribution in [2.45, 2.75) is 149 Å². The number of carboxylic acid groups (broad SMARTS) is 1. The molecule has 2 aromatic carbocycles. The molecule has 0 fully saturated rings. The second-order valence-electron chi connectivity index (χ2n) is 19.3. The SMILES string of the molecule is CC[C@H](C)[C@H](NC(=O)[C@H](CO)NC(=O)[C@@H](NC(=O)[C@@H](N)Cc1ccc(O)cc1)[C@@H](C)O)C(=O)N[C@H](C(=O)N[C@@H](Cc1ccccc1)C(=O)N[C@@H](CC(C)C)C(=O)NCC(=O)N[C@@H](CC(C)C)C(=O)O)C(C)C. The number of benzene rings is 2. The summed E-state index contributed by atoms with van der Waals surface area (Å²) in [6, 6.07) is 3.86. The van der Waals surface area contributed by atoms with E-state index in [0.717, 1.165) is 0 Å². The van der Waals surface area contributed by atoms with Gasteiger partial charge in [0, 0.05) is 6.42 Å². The number of nitrogens with one attached hydrogen (secondary N) is 8. The fourth-order valence-electron chi connectivity index (χ4n) is 7.36. The molecule has 400 valence electrons. The molecule has 0 bridgehead atoms. The van der Waals surface area contributed by atoms with Crippen molar-refractivity contribution >= 4 is 53.2 Å². The lowest BCUT2D eigenvalue weighted by atomic mass is 9.95. The summed E-state index contributed by atoms with van der Waals surface area (Å²) in [6.45, 7) is 13.6. The molecule has 0 unspecified atom stereocenters. The molecule has 72 heavy (non-hydrogen) atoms. The van der Waals surface area contributed by atoms with Crippen molar-refractivity contribution in [2.75, 3.05) is 13.2 Å². The average Bonchev–Trinajstić information content (AvgIpc) is 3.31. The van der Waals surface area contributed by atoms with Crippen molar-refractivity contribution in [3.8, 4) is 5.75 Å². The number of aliphatic carboxylic acids is 1. The van der Waals surface area contributed by atoms with E-state index < -0.39 is 133 Å². The van der Waals surface area contributed by atoms with Crippen LogP contribution in [0.1, 0.15) is 92.7 Å². The van der Waals surface area contributed by atoms with Gasteiger partial charge in [-0.15, -0.1) is 0 Å². The molecule has 0 spiro atoms. The van der Waals surface area contributed by atoms with Gasteiger partial charge in [0.15, 0.2) is 0 Å². The van der Waals surface area contributed by atoms with Crippen molar-refractivity contribution in [3.05, 3.63) is 65.7 Å². The van der Waals surface area contributed by atoms with Crippen LogP contribution in [0, 0.1) is 23.7 Å². The number of aliphatic hydroxyl groups excluding tert-OH is 2. The summed E-state index contributed by atoms with van der Waals surface area (Å²) in [4.78, 5) is 120. The molecule has 0 aliphatic heterocycles. The Hall–Kier alpha value is -6.65. The lowest BCUT2D eigenvalue weighted by Crippen LogP contribution is -2.63. The zero-order valence-electron chi connectivity index (χ0n) is 42.7. The highest BCUT2D eigenvalue weighted by molar-refractivity contribution is 5.98. The molecule has 10 atom stereocenters. The highest BCUT2D eigenvalue weighted by atomic mass is 16.4. The standard InChI is InChI=1S/C50H77N9O13/c1-10-29(8)41(58-46(67)38(25-60)56-49(70)42(30(9)61)59-43(64)34(51)22-32-16-18-33(62)19-17-32)48(69)57-40(28(6)7)47(68)55-36(23-31-14-12-11-13-15-31)45(66)54-35(20-26(2)3)44(65)52-24-39(63)53-37(50(71)72)21-27(4)5/h11-19,26-30,34-38,40-42,60-62H,10,20-25,51H2,1-9H3,(H,52,65)(H,53,63)(H,54,66)(H,55,68)(H,56,70)(H,57,69)(H,58,67)(H,59,64)(H,71,72)/t29-,30+,34-,35-,36-,37-,38-,40-,41-,42-/m0/s1. The largest absolute Gasteiger partial charge is 0.508 e. The van der Waals surface area contributed by atoms with E-state index in [2.05, 4.69) is 42.5 Å². The monoisotopic (exact) mass is 1010 g/mol. The summed E-state index contributed by atoms with van der Waals surface area (Å²) >= 11 is 0. The van der Waals surface area contributed by atoms with Gasteiger partial charge >= 0.3 is 5.97 Å². The fraction of sp³-hybridized carbons (Fsp3) is 0.580. The first-order valence-corrected chi connectivity index (χ1v) is 24.3. The number of phenols is 1. The lowest BCUT2D eigenvalue weighted by molar-refractivity contribution is -0.142. The zero-order valence-corrected chi connectivity index (χ0v) is 42.7. The van der Waals surface area contributed by atoms with Crippen molar-refractivity contribution < 1.29 is 63.6 Å². The predicted molar refractivity (Wildman–Crippen MR) is 266 cm³/mol. The number of phenolic OH excluding ortho intramolecular Hbond substituents is 1. The summed E-state index contributed by atoms with van der Waals surface area (Å²) in [5.74, 6) is -9.26. The maximum Gasteiger partial charge on any atom is 0.326 e. The van der Waals surface area contributed by atoms with Crippen LogP contribution < -0.4 is 48.3 Å². The Bertz CT molecular complexity index is 2120. The van der Waals surface area contributed by atoms with Gasteiger partial charge in [0.25, 0.3) is 0 Å². The van der Waals surface area contributed by atoms with Crippen LogP contribution in [0.3, 0.4) is 0 Å². The average molecular weight is 1010 g/mol. The fourth-order valence-corrected chi connectivity index (χ4v) is 7.36. The third kappa shape index (κ3) is 21.0. The molecule has 0 aliphatic rings. The van der Waals surface area contributed by atoms with Crippen LogP contribution >= 0.6 is 0 Å². The minimum absolute atomic E-state index is 0.00864. The third-order valence-electron chi connectivity index (χ3n) is 11.7. The van der Waals surface area contributed by atoms with Gasteiger partial charge in [0.2, 0.25) is 47.3 Å². The van der Waals surface area contributed by atoms with Gasteiger partial charge in [-0.1, -0.05) is 104 Å². The number of aliphatic hydroxyl groups is 2. The van der Waals surface area contributed by atoms with E-state index in [4.69, 9.17) is 5.73 Å². The Morgan fingerprint density at radius 3 is 1.56 bits per heavy atom. The minimum Gasteiger partial charge on any atom is -0.508 e. The molecule has 0 heterocycles. The van der Waals surface area contributed by atoms with Gasteiger partial charge in [-0.05, 0) is 73.1 Å². The maximum absolute atomic E-state index is 14.2. The summed E-state index contributed by atoms with van der Waals surface area (Å²) in [5.41, 5.74) is 7.30. The van der Waals surface area contributed by atoms with Crippen molar-refractivity contribution in [3.63, 3.8) is 0 Å². The first kappa shape index (κ1) is 61.5. The van der Waals surface area contributed by atoms with E-state index >= 15 is 0 Å². The van der Waals surface area contributed by atoms with E-state index in [1.165, 1.54) is 19.1 Å². The molecule has 0 aromatic heterocycles. The molecule has 0 saturated heterocycles. The Balaban J connectivity index is 2.28. The smallest absolute Gasteiger partial charge is 0.326 e.